The number of nitrogens with two attached hydrogens (primary N) is 1. The predicted molar refractivity (Wildman–Crippen MR) is 82.3 cm³/mol. The van der Waals surface area contributed by atoms with Crippen molar-refractivity contribution in [3.8, 4) is 11.5 Å². The standard InChI is InChI=1S/C14H12N4O5/c15-10-4-2-1-3-9(10)14(21)17-16-7-8-5-11(18(22)23)13(20)6-12(8)19/h1-7,19-20H,15H2,(H,17,21)/b16-7-. The number of benzene rings is 2. The molecule has 2 aromatic carbocycles. The number of para-hydroxylation sites is 1. The fraction of sp³-hybridized carbons (Fsp3) is 0. The summed E-state index contributed by atoms with van der Waals surface area (Å²) in [6.07, 6.45) is 1.01. The molecule has 5 N–H and O–H groups in total. The zero-order chi connectivity index (χ0) is 17.0. The van der Waals surface area contributed by atoms with Crippen LogP contribution in [0.15, 0.2) is 41.5 Å². The van der Waals surface area contributed by atoms with Crippen LogP contribution < -0.4 is 11.2 Å². The van der Waals surface area contributed by atoms with Crippen LogP contribution in [0, 0.1) is 10.1 Å². The largest absolute Gasteiger partial charge is 0.507 e. The number of nitrogens with one attached hydrogen (secondary N) is 1. The number of phenols is 2. The van der Waals surface area contributed by atoms with Gasteiger partial charge in [-0.2, -0.15) is 5.10 Å². The fourth-order valence-corrected chi connectivity index (χ4v) is 1.76. The lowest BCUT2D eigenvalue weighted by Gasteiger charge is -2.04. The van der Waals surface area contributed by atoms with Crippen molar-refractivity contribution in [1.82, 2.24) is 5.43 Å². The van der Waals surface area contributed by atoms with Gasteiger partial charge < -0.3 is 15.9 Å². The van der Waals surface area contributed by atoms with E-state index < -0.39 is 28.0 Å². The van der Waals surface area contributed by atoms with E-state index in [0.717, 1.165) is 18.3 Å². The Morgan fingerprint density at radius 2 is 1.96 bits per heavy atom. The van der Waals surface area contributed by atoms with E-state index in [1.807, 2.05) is 0 Å². The Morgan fingerprint density at radius 1 is 1.26 bits per heavy atom. The number of aromatic hydroxyl groups is 2. The maximum Gasteiger partial charge on any atom is 0.311 e. The van der Waals surface area contributed by atoms with Crippen molar-refractivity contribution in [3.63, 3.8) is 0 Å². The summed E-state index contributed by atoms with van der Waals surface area (Å²) < 4.78 is 0. The Labute approximate surface area is 129 Å². The second-order valence-electron chi connectivity index (χ2n) is 4.44. The Hall–Kier alpha value is -3.62. The van der Waals surface area contributed by atoms with Gasteiger partial charge in [0.2, 0.25) is 0 Å². The molecular formula is C14H12N4O5. The van der Waals surface area contributed by atoms with E-state index >= 15 is 0 Å². The van der Waals surface area contributed by atoms with Crippen molar-refractivity contribution in [2.75, 3.05) is 5.73 Å². The average Bonchev–Trinajstić information content (AvgIpc) is 2.49. The smallest absolute Gasteiger partial charge is 0.311 e. The SMILES string of the molecule is Nc1ccccc1C(=O)N/N=C\c1cc([N+](=O)[O-])c(O)cc1O. The summed E-state index contributed by atoms with van der Waals surface area (Å²) in [4.78, 5) is 21.8. The summed E-state index contributed by atoms with van der Waals surface area (Å²) in [5, 5.41) is 33.3. The number of hydrogen-bond acceptors (Lipinski definition) is 7. The topological polar surface area (TPSA) is 151 Å². The summed E-state index contributed by atoms with van der Waals surface area (Å²) in [7, 11) is 0. The molecule has 0 radical (unpaired) electrons. The van der Waals surface area contributed by atoms with E-state index in [0.29, 0.717) is 0 Å². The summed E-state index contributed by atoms with van der Waals surface area (Å²) in [5.74, 6) is -1.68. The number of hydrogen-bond donors (Lipinski definition) is 4. The normalized spacial score (nSPS) is 10.6. The quantitative estimate of drug-likeness (QED) is 0.289. The van der Waals surface area contributed by atoms with Crippen LogP contribution in [0.4, 0.5) is 11.4 Å². The van der Waals surface area contributed by atoms with E-state index in [9.17, 15) is 25.1 Å². The van der Waals surface area contributed by atoms with Crippen LogP contribution in [-0.4, -0.2) is 27.3 Å². The Kier molecular flexibility index (Phi) is 4.41. The fourth-order valence-electron chi connectivity index (χ4n) is 1.76. The molecule has 9 nitrogen and oxygen atoms in total. The third-order valence-corrected chi connectivity index (χ3v) is 2.90. The molecule has 0 heterocycles. The molecule has 0 atom stereocenters. The molecule has 0 aliphatic heterocycles. The van der Waals surface area contributed by atoms with Gasteiger partial charge in [0.15, 0.2) is 5.75 Å². The first-order valence-electron chi connectivity index (χ1n) is 6.28. The van der Waals surface area contributed by atoms with Crippen molar-refractivity contribution in [2.45, 2.75) is 0 Å². The number of rotatable bonds is 4. The molecule has 2 rings (SSSR count). The highest BCUT2D eigenvalue weighted by Gasteiger charge is 2.16. The predicted octanol–water partition coefficient (Wildman–Crippen LogP) is 1.35. The highest BCUT2D eigenvalue weighted by atomic mass is 16.6. The second kappa shape index (κ2) is 6.43. The summed E-state index contributed by atoms with van der Waals surface area (Å²) in [6.45, 7) is 0. The van der Waals surface area contributed by atoms with Crippen LogP contribution in [0.2, 0.25) is 0 Å². The zero-order valence-electron chi connectivity index (χ0n) is 11.6. The molecule has 2 aromatic rings. The highest BCUT2D eigenvalue weighted by molar-refractivity contribution is 5.99. The lowest BCUT2D eigenvalue weighted by molar-refractivity contribution is -0.385. The highest BCUT2D eigenvalue weighted by Crippen LogP contribution is 2.31. The second-order valence-corrected chi connectivity index (χ2v) is 4.44. The number of carbonyl (C=O) groups is 1. The van der Waals surface area contributed by atoms with Gasteiger partial charge in [-0.1, -0.05) is 12.1 Å². The number of nitrogen functional groups attached to an aromatic ring is 1. The molecule has 118 valence electrons. The maximum atomic E-state index is 11.9. The number of hydrazone groups is 1. The van der Waals surface area contributed by atoms with E-state index in [2.05, 4.69) is 10.5 Å². The number of nitro groups is 1. The van der Waals surface area contributed by atoms with E-state index in [1.54, 1.807) is 18.2 Å². The van der Waals surface area contributed by atoms with Gasteiger partial charge in [-0.15, -0.1) is 0 Å². The lowest BCUT2D eigenvalue weighted by atomic mass is 10.2. The number of phenolic OH excluding ortho intramolecular Hbond substituents is 2. The maximum absolute atomic E-state index is 11.9. The molecule has 0 aromatic heterocycles. The van der Waals surface area contributed by atoms with Gasteiger partial charge in [0, 0.05) is 23.4 Å². The zero-order valence-corrected chi connectivity index (χ0v) is 11.6. The van der Waals surface area contributed by atoms with Crippen LogP contribution in [0.3, 0.4) is 0 Å². The van der Waals surface area contributed by atoms with Crippen LogP contribution in [0.1, 0.15) is 15.9 Å². The van der Waals surface area contributed by atoms with Gasteiger partial charge in [0.25, 0.3) is 5.91 Å². The van der Waals surface area contributed by atoms with E-state index in [4.69, 9.17) is 5.73 Å². The Morgan fingerprint density at radius 3 is 2.61 bits per heavy atom. The minimum absolute atomic E-state index is 0.0455. The molecular weight excluding hydrogens is 304 g/mol. The number of anilines is 1. The van der Waals surface area contributed by atoms with Crippen molar-refractivity contribution in [3.05, 3.63) is 57.6 Å². The monoisotopic (exact) mass is 316 g/mol. The number of carbonyl (C=O) groups excluding carboxylic acids is 1. The molecule has 0 aliphatic rings. The molecule has 0 aliphatic carbocycles. The van der Waals surface area contributed by atoms with Crippen LogP contribution in [0.5, 0.6) is 11.5 Å². The van der Waals surface area contributed by atoms with Crippen LogP contribution in [-0.2, 0) is 0 Å². The van der Waals surface area contributed by atoms with Gasteiger partial charge >= 0.3 is 5.69 Å². The molecule has 0 fully saturated rings. The number of nitrogens with zero attached hydrogens (tertiary/aromatic N) is 2. The third kappa shape index (κ3) is 3.53. The molecule has 1 amide bonds. The summed E-state index contributed by atoms with van der Waals surface area (Å²) >= 11 is 0. The third-order valence-electron chi connectivity index (χ3n) is 2.90. The molecule has 0 saturated heterocycles. The summed E-state index contributed by atoms with van der Waals surface area (Å²) in [6, 6.07) is 8.09. The van der Waals surface area contributed by atoms with E-state index in [-0.39, 0.29) is 16.8 Å². The molecule has 23 heavy (non-hydrogen) atoms. The van der Waals surface area contributed by atoms with E-state index in [1.165, 1.54) is 6.07 Å². The first-order chi connectivity index (χ1) is 10.9. The molecule has 0 spiro atoms. The van der Waals surface area contributed by atoms with Gasteiger partial charge in [-0.3, -0.25) is 14.9 Å². The Bertz CT molecular complexity index is 804. The first-order valence-corrected chi connectivity index (χ1v) is 6.28. The minimum Gasteiger partial charge on any atom is -0.507 e. The molecule has 0 unspecified atom stereocenters. The summed E-state index contributed by atoms with van der Waals surface area (Å²) in [5.41, 5.74) is 7.67. The van der Waals surface area contributed by atoms with Gasteiger partial charge in [-0.25, -0.2) is 5.43 Å². The molecule has 0 saturated carbocycles. The van der Waals surface area contributed by atoms with Crippen LogP contribution in [0.25, 0.3) is 0 Å². The first kappa shape index (κ1) is 15.8. The van der Waals surface area contributed by atoms with Crippen molar-refractivity contribution in [2.24, 2.45) is 5.10 Å². The van der Waals surface area contributed by atoms with Crippen molar-refractivity contribution in [1.29, 1.82) is 0 Å². The average molecular weight is 316 g/mol. The molecule has 0 bridgehead atoms. The van der Waals surface area contributed by atoms with Gasteiger partial charge in [0.05, 0.1) is 16.7 Å². The minimum atomic E-state index is -0.810. The Balaban J connectivity index is 2.18. The molecule has 9 heteroatoms. The van der Waals surface area contributed by atoms with Crippen molar-refractivity contribution >= 4 is 23.5 Å². The van der Waals surface area contributed by atoms with Gasteiger partial charge in [0.1, 0.15) is 5.75 Å². The number of nitro benzene ring substituents is 1. The van der Waals surface area contributed by atoms with Gasteiger partial charge in [-0.05, 0) is 12.1 Å². The number of amides is 1. The van der Waals surface area contributed by atoms with Crippen molar-refractivity contribution < 1.29 is 19.9 Å². The lowest BCUT2D eigenvalue weighted by Crippen LogP contribution is -2.19. The van der Waals surface area contributed by atoms with Crippen LogP contribution >= 0.6 is 0 Å².